The number of hydrogen-bond acceptors (Lipinski definition) is 5. The molecule has 3 fully saturated rings. The van der Waals surface area contributed by atoms with Gasteiger partial charge in [0, 0.05) is 24.8 Å². The van der Waals surface area contributed by atoms with E-state index in [1.807, 2.05) is 13.0 Å². The molecule has 0 bridgehead atoms. The van der Waals surface area contributed by atoms with E-state index in [1.165, 1.54) is 11.1 Å². The number of nitriles is 1. The lowest BCUT2D eigenvalue weighted by molar-refractivity contribution is -0.134. The van der Waals surface area contributed by atoms with Crippen molar-refractivity contribution in [3.8, 4) is 11.9 Å². The van der Waals surface area contributed by atoms with Crippen LogP contribution in [0.5, 0.6) is 5.88 Å². The number of fused-ring (bicyclic) bond motifs is 1. The number of aromatic nitrogens is 1. The van der Waals surface area contributed by atoms with Crippen LogP contribution in [-0.2, 0) is 4.79 Å². The highest BCUT2D eigenvalue weighted by molar-refractivity contribution is 6.07. The van der Waals surface area contributed by atoms with Crippen LogP contribution in [0.3, 0.4) is 0 Å². The fourth-order valence-electron chi connectivity index (χ4n) is 4.40. The Morgan fingerprint density at radius 1 is 1.27 bits per heavy atom. The minimum Gasteiger partial charge on any atom is -0.474 e. The second-order valence-electron chi connectivity index (χ2n) is 7.53. The Bertz CT molecular complexity index is 764. The average Bonchev–Trinajstić information content (AvgIpc) is 3.13. The molecule has 1 aliphatic carbocycles. The Balaban J connectivity index is 1.37. The van der Waals surface area contributed by atoms with Gasteiger partial charge >= 0.3 is 6.03 Å². The summed E-state index contributed by atoms with van der Waals surface area (Å²) < 4.78 is 5.89. The van der Waals surface area contributed by atoms with Crippen molar-refractivity contribution in [2.45, 2.75) is 63.1 Å². The van der Waals surface area contributed by atoms with E-state index in [-0.39, 0.29) is 24.1 Å². The van der Waals surface area contributed by atoms with E-state index < -0.39 is 5.54 Å². The van der Waals surface area contributed by atoms with Gasteiger partial charge in [-0.05, 0) is 51.5 Å². The van der Waals surface area contributed by atoms with Crippen molar-refractivity contribution in [2.24, 2.45) is 0 Å². The van der Waals surface area contributed by atoms with Crippen LogP contribution in [0.2, 0.25) is 0 Å². The number of rotatable bonds is 3. The predicted molar refractivity (Wildman–Crippen MR) is 92.2 cm³/mol. The number of hydrogen-bond donors (Lipinski definition) is 0. The van der Waals surface area contributed by atoms with Gasteiger partial charge in [-0.3, -0.25) is 9.69 Å². The van der Waals surface area contributed by atoms with Crippen molar-refractivity contribution in [1.82, 2.24) is 14.8 Å². The molecule has 136 valence electrons. The third-order valence-corrected chi connectivity index (χ3v) is 5.92. The number of imide groups is 1. The fourth-order valence-corrected chi connectivity index (χ4v) is 4.40. The molecule has 1 aromatic rings. The van der Waals surface area contributed by atoms with E-state index >= 15 is 0 Å². The van der Waals surface area contributed by atoms with Crippen LogP contribution < -0.4 is 4.74 Å². The molecule has 26 heavy (non-hydrogen) atoms. The molecule has 0 unspecified atom stereocenters. The first kappa shape index (κ1) is 16.8. The highest BCUT2D eigenvalue weighted by Crippen LogP contribution is 2.40. The SMILES string of the molecule is C[C@@]12CCCN1C(=O)N(C1CCC(Oc3ccc(C#N)cn3)CC1)C2=O. The van der Waals surface area contributed by atoms with E-state index in [0.717, 1.165) is 38.5 Å². The Kier molecular flexibility index (Phi) is 4.06. The molecule has 7 heteroatoms. The number of amides is 3. The lowest BCUT2D eigenvalue weighted by Gasteiger charge is -2.33. The third kappa shape index (κ3) is 2.61. The van der Waals surface area contributed by atoms with Crippen LogP contribution in [0.25, 0.3) is 0 Å². The predicted octanol–water partition coefficient (Wildman–Crippen LogP) is 2.46. The van der Waals surface area contributed by atoms with Gasteiger partial charge in [0.25, 0.3) is 5.91 Å². The second-order valence-corrected chi connectivity index (χ2v) is 7.53. The number of urea groups is 1. The lowest BCUT2D eigenvalue weighted by Crippen LogP contribution is -2.46. The summed E-state index contributed by atoms with van der Waals surface area (Å²) in [5, 5.41) is 8.81. The van der Waals surface area contributed by atoms with E-state index in [9.17, 15) is 9.59 Å². The number of nitrogens with zero attached hydrogens (tertiary/aromatic N) is 4. The highest BCUT2D eigenvalue weighted by Gasteiger charge is 2.58. The minimum absolute atomic E-state index is 0.0230. The van der Waals surface area contributed by atoms with Gasteiger partial charge in [-0.15, -0.1) is 0 Å². The summed E-state index contributed by atoms with van der Waals surface area (Å²) in [6.45, 7) is 2.58. The van der Waals surface area contributed by atoms with Crippen molar-refractivity contribution in [2.75, 3.05) is 6.54 Å². The van der Waals surface area contributed by atoms with Crippen molar-refractivity contribution >= 4 is 11.9 Å². The summed E-state index contributed by atoms with van der Waals surface area (Å²) in [6.07, 6.45) is 6.24. The van der Waals surface area contributed by atoms with E-state index in [0.29, 0.717) is 18.0 Å². The smallest absolute Gasteiger partial charge is 0.327 e. The van der Waals surface area contributed by atoms with Crippen LogP contribution in [0, 0.1) is 11.3 Å². The Morgan fingerprint density at radius 3 is 2.65 bits per heavy atom. The molecule has 3 heterocycles. The summed E-state index contributed by atoms with van der Waals surface area (Å²) in [4.78, 5) is 32.9. The van der Waals surface area contributed by atoms with E-state index in [2.05, 4.69) is 4.98 Å². The summed E-state index contributed by atoms with van der Waals surface area (Å²) in [5.41, 5.74) is -0.127. The maximum absolute atomic E-state index is 12.8. The molecule has 3 amide bonds. The minimum atomic E-state index is -0.628. The molecule has 1 aromatic heterocycles. The first-order valence-electron chi connectivity index (χ1n) is 9.21. The quantitative estimate of drug-likeness (QED) is 0.778. The third-order valence-electron chi connectivity index (χ3n) is 5.92. The highest BCUT2D eigenvalue weighted by atomic mass is 16.5. The van der Waals surface area contributed by atoms with E-state index in [1.54, 1.807) is 17.0 Å². The zero-order chi connectivity index (χ0) is 18.3. The van der Waals surface area contributed by atoms with E-state index in [4.69, 9.17) is 10.00 Å². The average molecular weight is 354 g/mol. The Morgan fingerprint density at radius 2 is 2.04 bits per heavy atom. The van der Waals surface area contributed by atoms with Gasteiger partial charge in [0.05, 0.1) is 5.56 Å². The summed E-state index contributed by atoms with van der Waals surface area (Å²) in [5.74, 6) is 0.479. The van der Waals surface area contributed by atoms with Gasteiger partial charge in [-0.2, -0.15) is 5.26 Å². The fraction of sp³-hybridized carbons (Fsp3) is 0.579. The molecule has 7 nitrogen and oxygen atoms in total. The van der Waals surface area contributed by atoms with Gasteiger partial charge in [0.1, 0.15) is 17.7 Å². The molecule has 0 N–H and O–H groups in total. The first-order chi connectivity index (χ1) is 12.5. The van der Waals surface area contributed by atoms with Gasteiger partial charge in [0.15, 0.2) is 0 Å². The molecule has 1 saturated carbocycles. The van der Waals surface area contributed by atoms with Crippen molar-refractivity contribution in [3.63, 3.8) is 0 Å². The maximum Gasteiger partial charge on any atom is 0.327 e. The Labute approximate surface area is 152 Å². The number of pyridine rings is 1. The van der Waals surface area contributed by atoms with Gasteiger partial charge in [-0.25, -0.2) is 9.78 Å². The van der Waals surface area contributed by atoms with Gasteiger partial charge < -0.3 is 9.64 Å². The molecular weight excluding hydrogens is 332 g/mol. The molecule has 0 spiro atoms. The van der Waals surface area contributed by atoms with Gasteiger partial charge in [0.2, 0.25) is 5.88 Å². The molecule has 0 aromatic carbocycles. The van der Waals surface area contributed by atoms with Crippen LogP contribution in [0.4, 0.5) is 4.79 Å². The van der Waals surface area contributed by atoms with Crippen LogP contribution in [0.15, 0.2) is 18.3 Å². The molecule has 2 saturated heterocycles. The first-order valence-corrected chi connectivity index (χ1v) is 9.21. The lowest BCUT2D eigenvalue weighted by atomic mass is 9.91. The number of carbonyl (C=O) groups excluding carboxylic acids is 2. The molecule has 4 rings (SSSR count). The Hall–Kier alpha value is -2.62. The van der Waals surface area contributed by atoms with Crippen LogP contribution in [0.1, 0.15) is 51.0 Å². The number of carbonyl (C=O) groups is 2. The van der Waals surface area contributed by atoms with Gasteiger partial charge in [-0.1, -0.05) is 0 Å². The second kappa shape index (κ2) is 6.27. The zero-order valence-electron chi connectivity index (χ0n) is 14.9. The largest absolute Gasteiger partial charge is 0.474 e. The summed E-state index contributed by atoms with van der Waals surface area (Å²) in [6, 6.07) is 5.26. The summed E-state index contributed by atoms with van der Waals surface area (Å²) >= 11 is 0. The van der Waals surface area contributed by atoms with Crippen molar-refractivity contribution in [1.29, 1.82) is 5.26 Å². The number of ether oxygens (including phenoxy) is 1. The van der Waals surface area contributed by atoms with Crippen LogP contribution >= 0.6 is 0 Å². The standard InChI is InChI=1S/C19H22N4O3/c1-19-9-2-10-22(19)18(25)23(17(19)24)14-4-6-15(7-5-14)26-16-8-3-13(11-20)12-21-16/h3,8,12,14-15H,2,4-7,9-10H2,1H3/t14?,15?,19-/m0/s1. The topological polar surface area (TPSA) is 86.5 Å². The molecule has 2 aliphatic heterocycles. The van der Waals surface area contributed by atoms with Crippen molar-refractivity contribution in [3.05, 3.63) is 23.9 Å². The molecule has 1 atom stereocenters. The molecular formula is C19H22N4O3. The van der Waals surface area contributed by atoms with Crippen LogP contribution in [-0.4, -0.2) is 51.0 Å². The summed E-state index contributed by atoms with van der Waals surface area (Å²) in [7, 11) is 0. The monoisotopic (exact) mass is 354 g/mol. The zero-order valence-corrected chi connectivity index (χ0v) is 14.9. The molecule has 3 aliphatic rings. The normalized spacial score (nSPS) is 31.1. The van der Waals surface area contributed by atoms with Crippen molar-refractivity contribution < 1.29 is 14.3 Å². The molecule has 0 radical (unpaired) electrons. The maximum atomic E-state index is 12.8.